The molecule has 0 aliphatic heterocycles. The molecule has 0 aliphatic carbocycles. The van der Waals surface area contributed by atoms with Gasteiger partial charge in [0.25, 0.3) is 0 Å². The SMILES string of the molecule is CCCCN(C)CC(O)CC(=O)O. The second-order valence-electron chi connectivity index (χ2n) is 3.37. The molecule has 2 N–H and O–H groups in total. The molecule has 1 unspecified atom stereocenters. The highest BCUT2D eigenvalue weighted by Gasteiger charge is 2.11. The molecule has 1 atom stereocenters. The van der Waals surface area contributed by atoms with Crippen molar-refractivity contribution < 1.29 is 15.0 Å². The zero-order chi connectivity index (χ0) is 10.3. The van der Waals surface area contributed by atoms with Crippen molar-refractivity contribution in [3.8, 4) is 0 Å². The van der Waals surface area contributed by atoms with E-state index in [1.807, 2.05) is 11.9 Å². The van der Waals surface area contributed by atoms with Crippen molar-refractivity contribution in [2.75, 3.05) is 20.1 Å². The lowest BCUT2D eigenvalue weighted by Crippen LogP contribution is -2.31. The van der Waals surface area contributed by atoms with Crippen LogP contribution in [0.1, 0.15) is 26.2 Å². The van der Waals surface area contributed by atoms with E-state index in [1.165, 1.54) is 0 Å². The molecule has 0 saturated carbocycles. The van der Waals surface area contributed by atoms with Crippen LogP contribution in [0.15, 0.2) is 0 Å². The first-order chi connectivity index (χ1) is 6.06. The fourth-order valence-electron chi connectivity index (χ4n) is 1.15. The molecule has 0 rings (SSSR count). The van der Waals surface area contributed by atoms with Gasteiger partial charge in [0.05, 0.1) is 12.5 Å². The number of carboxylic acid groups (broad SMARTS) is 1. The fourth-order valence-corrected chi connectivity index (χ4v) is 1.15. The summed E-state index contributed by atoms with van der Waals surface area (Å²) in [4.78, 5) is 12.2. The Balaban J connectivity index is 3.52. The number of unbranched alkanes of at least 4 members (excludes halogenated alkanes) is 1. The van der Waals surface area contributed by atoms with Gasteiger partial charge < -0.3 is 15.1 Å². The second kappa shape index (κ2) is 6.86. The smallest absolute Gasteiger partial charge is 0.306 e. The number of hydrogen-bond acceptors (Lipinski definition) is 3. The van der Waals surface area contributed by atoms with Gasteiger partial charge in [0, 0.05) is 6.54 Å². The molecule has 0 heterocycles. The van der Waals surface area contributed by atoms with Crippen LogP contribution < -0.4 is 0 Å². The molecular weight excluding hydrogens is 170 g/mol. The Morgan fingerprint density at radius 3 is 2.62 bits per heavy atom. The summed E-state index contributed by atoms with van der Waals surface area (Å²) in [6.07, 6.45) is 1.27. The highest BCUT2D eigenvalue weighted by Crippen LogP contribution is 1.97. The summed E-state index contributed by atoms with van der Waals surface area (Å²) < 4.78 is 0. The number of likely N-dealkylation sites (N-methyl/N-ethyl adjacent to an activating group) is 1. The van der Waals surface area contributed by atoms with E-state index in [-0.39, 0.29) is 6.42 Å². The third-order valence-electron chi connectivity index (χ3n) is 1.83. The quantitative estimate of drug-likeness (QED) is 0.614. The lowest BCUT2D eigenvalue weighted by Gasteiger charge is -2.18. The normalized spacial score (nSPS) is 13.2. The molecular formula is C9H19NO3. The minimum Gasteiger partial charge on any atom is -0.481 e. The zero-order valence-corrected chi connectivity index (χ0v) is 8.36. The molecule has 0 fully saturated rings. The molecule has 0 bridgehead atoms. The van der Waals surface area contributed by atoms with Crippen LogP contribution in [-0.2, 0) is 4.79 Å². The lowest BCUT2D eigenvalue weighted by molar-refractivity contribution is -0.139. The molecule has 0 aromatic carbocycles. The third-order valence-corrected chi connectivity index (χ3v) is 1.83. The van der Waals surface area contributed by atoms with Crippen LogP contribution in [0.4, 0.5) is 0 Å². The van der Waals surface area contributed by atoms with Crippen molar-refractivity contribution in [2.24, 2.45) is 0 Å². The summed E-state index contributed by atoms with van der Waals surface area (Å²) in [6, 6.07) is 0. The second-order valence-corrected chi connectivity index (χ2v) is 3.37. The number of aliphatic hydroxyl groups excluding tert-OH is 1. The first-order valence-electron chi connectivity index (χ1n) is 4.64. The molecule has 13 heavy (non-hydrogen) atoms. The molecule has 4 nitrogen and oxygen atoms in total. The number of hydrogen-bond donors (Lipinski definition) is 2. The molecule has 4 heteroatoms. The average Bonchev–Trinajstić information content (AvgIpc) is 1.98. The Hall–Kier alpha value is -0.610. The summed E-state index contributed by atoms with van der Waals surface area (Å²) in [7, 11) is 1.89. The van der Waals surface area contributed by atoms with Gasteiger partial charge in [-0.1, -0.05) is 13.3 Å². The average molecular weight is 189 g/mol. The lowest BCUT2D eigenvalue weighted by atomic mass is 10.2. The van der Waals surface area contributed by atoms with E-state index in [9.17, 15) is 9.90 Å². The summed E-state index contributed by atoms with van der Waals surface area (Å²) in [5, 5.41) is 17.7. The van der Waals surface area contributed by atoms with Gasteiger partial charge in [-0.2, -0.15) is 0 Å². The summed E-state index contributed by atoms with van der Waals surface area (Å²) in [6.45, 7) is 3.45. The van der Waals surface area contributed by atoms with Crippen molar-refractivity contribution in [1.29, 1.82) is 0 Å². The molecule has 0 spiro atoms. The molecule has 0 amide bonds. The largest absolute Gasteiger partial charge is 0.481 e. The maximum atomic E-state index is 10.2. The molecule has 78 valence electrons. The first-order valence-corrected chi connectivity index (χ1v) is 4.64. The van der Waals surface area contributed by atoms with Gasteiger partial charge in [0.1, 0.15) is 0 Å². The number of aliphatic carboxylic acids is 1. The van der Waals surface area contributed by atoms with Gasteiger partial charge in [-0.15, -0.1) is 0 Å². The molecule has 0 saturated heterocycles. The minimum atomic E-state index is -0.948. The van der Waals surface area contributed by atoms with Crippen molar-refractivity contribution in [2.45, 2.75) is 32.3 Å². The van der Waals surface area contributed by atoms with Crippen LogP contribution in [0.25, 0.3) is 0 Å². The molecule has 0 aromatic rings. The Morgan fingerprint density at radius 2 is 2.15 bits per heavy atom. The highest BCUT2D eigenvalue weighted by atomic mass is 16.4. The van der Waals surface area contributed by atoms with Gasteiger partial charge in [-0.25, -0.2) is 0 Å². The van der Waals surface area contributed by atoms with Crippen LogP contribution in [0.3, 0.4) is 0 Å². The predicted molar refractivity (Wildman–Crippen MR) is 50.7 cm³/mol. The van der Waals surface area contributed by atoms with Crippen LogP contribution in [0.2, 0.25) is 0 Å². The number of carboxylic acids is 1. The standard InChI is InChI=1S/C9H19NO3/c1-3-4-5-10(2)7-8(11)6-9(12)13/h8,11H,3-7H2,1-2H3,(H,12,13). The van der Waals surface area contributed by atoms with Crippen LogP contribution in [0, 0.1) is 0 Å². The number of rotatable bonds is 7. The number of aliphatic hydroxyl groups is 1. The van der Waals surface area contributed by atoms with E-state index in [0.717, 1.165) is 19.4 Å². The van der Waals surface area contributed by atoms with E-state index >= 15 is 0 Å². The Kier molecular flexibility index (Phi) is 6.54. The molecule has 0 aromatic heterocycles. The predicted octanol–water partition coefficient (Wildman–Crippen LogP) is 0.554. The molecule has 0 aliphatic rings. The first kappa shape index (κ1) is 12.4. The van der Waals surface area contributed by atoms with E-state index in [1.54, 1.807) is 0 Å². The Morgan fingerprint density at radius 1 is 1.54 bits per heavy atom. The number of nitrogens with zero attached hydrogens (tertiary/aromatic N) is 1. The van der Waals surface area contributed by atoms with Crippen LogP contribution in [-0.4, -0.2) is 47.3 Å². The van der Waals surface area contributed by atoms with Crippen molar-refractivity contribution in [1.82, 2.24) is 4.90 Å². The maximum absolute atomic E-state index is 10.2. The maximum Gasteiger partial charge on any atom is 0.306 e. The van der Waals surface area contributed by atoms with Crippen molar-refractivity contribution in [3.05, 3.63) is 0 Å². The van der Waals surface area contributed by atoms with E-state index in [2.05, 4.69) is 6.92 Å². The summed E-state index contributed by atoms with van der Waals surface area (Å²) in [5.74, 6) is -0.948. The monoisotopic (exact) mass is 189 g/mol. The van der Waals surface area contributed by atoms with Gasteiger partial charge in [-0.05, 0) is 20.0 Å². The third kappa shape index (κ3) is 7.74. The van der Waals surface area contributed by atoms with E-state index in [4.69, 9.17) is 5.11 Å². The Labute approximate surface area is 79.2 Å². The van der Waals surface area contributed by atoms with Crippen molar-refractivity contribution >= 4 is 5.97 Å². The minimum absolute atomic E-state index is 0.170. The van der Waals surface area contributed by atoms with Crippen LogP contribution >= 0.6 is 0 Å². The van der Waals surface area contributed by atoms with Gasteiger partial charge >= 0.3 is 5.97 Å². The zero-order valence-electron chi connectivity index (χ0n) is 8.36. The molecule has 0 radical (unpaired) electrons. The fraction of sp³-hybridized carbons (Fsp3) is 0.889. The Bertz CT molecular complexity index is 150. The van der Waals surface area contributed by atoms with Crippen LogP contribution in [0.5, 0.6) is 0 Å². The highest BCUT2D eigenvalue weighted by molar-refractivity contribution is 5.67. The van der Waals surface area contributed by atoms with E-state index in [0.29, 0.717) is 6.54 Å². The van der Waals surface area contributed by atoms with E-state index < -0.39 is 12.1 Å². The van der Waals surface area contributed by atoms with Crippen molar-refractivity contribution in [3.63, 3.8) is 0 Å². The van der Waals surface area contributed by atoms with Gasteiger partial charge in [-0.3, -0.25) is 4.79 Å². The van der Waals surface area contributed by atoms with Gasteiger partial charge in [0.15, 0.2) is 0 Å². The number of carbonyl (C=O) groups is 1. The topological polar surface area (TPSA) is 60.8 Å². The summed E-state index contributed by atoms with van der Waals surface area (Å²) in [5.41, 5.74) is 0. The summed E-state index contributed by atoms with van der Waals surface area (Å²) >= 11 is 0. The van der Waals surface area contributed by atoms with Gasteiger partial charge in [0.2, 0.25) is 0 Å².